The number of hydrogen-bond donors (Lipinski definition) is 0. The molecule has 0 amide bonds. The summed E-state index contributed by atoms with van der Waals surface area (Å²) in [4.78, 5) is 2.44. The summed E-state index contributed by atoms with van der Waals surface area (Å²) in [6.45, 7) is 0. The van der Waals surface area contributed by atoms with E-state index in [1.54, 1.807) is 0 Å². The van der Waals surface area contributed by atoms with Crippen LogP contribution in [0.4, 0.5) is 17.1 Å². The Morgan fingerprint density at radius 2 is 0.677 bits per heavy atom. The Balaban J connectivity index is 1.16. The van der Waals surface area contributed by atoms with Crippen molar-refractivity contribution >= 4 is 38.9 Å². The number of rotatable bonds is 9. The lowest BCUT2D eigenvalue weighted by Crippen LogP contribution is -2.11. The van der Waals surface area contributed by atoms with E-state index >= 15 is 0 Å². The van der Waals surface area contributed by atoms with E-state index in [9.17, 15) is 0 Å². The summed E-state index contributed by atoms with van der Waals surface area (Å²) in [5, 5.41) is 2.45. The van der Waals surface area contributed by atoms with Gasteiger partial charge in [0, 0.05) is 33.5 Å². The number of aromatic nitrogens is 1. The zero-order valence-electron chi connectivity index (χ0n) is 34.1. The van der Waals surface area contributed by atoms with Gasteiger partial charge in [0.05, 0.1) is 11.0 Å². The van der Waals surface area contributed by atoms with Crippen LogP contribution in [0.15, 0.2) is 255 Å². The normalized spacial score (nSPS) is 11.2. The van der Waals surface area contributed by atoms with Crippen LogP contribution in [0.2, 0.25) is 0 Å². The van der Waals surface area contributed by atoms with Crippen LogP contribution in [0.3, 0.4) is 0 Å². The van der Waals surface area contributed by atoms with Gasteiger partial charge in [-0.3, -0.25) is 0 Å². The maximum absolute atomic E-state index is 2.44. The van der Waals surface area contributed by atoms with Gasteiger partial charge in [-0.25, -0.2) is 0 Å². The maximum atomic E-state index is 2.44. The van der Waals surface area contributed by atoms with E-state index in [0.29, 0.717) is 0 Å². The third kappa shape index (κ3) is 6.94. The second-order valence-corrected chi connectivity index (χ2v) is 15.8. The molecule has 0 saturated carbocycles. The Morgan fingerprint density at radius 3 is 1.29 bits per heavy atom. The first kappa shape index (κ1) is 36.8. The summed E-state index contributed by atoms with van der Waals surface area (Å²) in [6, 6.07) is 92.3. The summed E-state index contributed by atoms with van der Waals surface area (Å²) in [5.41, 5.74) is 18.4. The quantitative estimate of drug-likeness (QED) is 0.141. The van der Waals surface area contributed by atoms with Crippen LogP contribution in [-0.2, 0) is 0 Å². The SMILES string of the molecule is c1ccc(-c2ccc(-c3ccc(N(c4cc(-c5ccccc5)cc(-c5ccccc5)c4)c4ccc5c6ccccc6n(-c6ccccc6)c5c4)cc3-c3ccccc3)cc2)cc1. The molecule has 0 aliphatic heterocycles. The molecule has 0 bridgehead atoms. The van der Waals surface area contributed by atoms with Crippen LogP contribution in [0.25, 0.3) is 83.1 Å². The summed E-state index contributed by atoms with van der Waals surface area (Å²) >= 11 is 0. The Hall–Kier alpha value is -8.20. The molecule has 0 aliphatic rings. The predicted octanol–water partition coefficient (Wildman–Crippen LogP) is 16.6. The lowest BCUT2D eigenvalue weighted by molar-refractivity contribution is 1.18. The zero-order chi connectivity index (χ0) is 41.2. The first-order chi connectivity index (χ1) is 30.7. The maximum Gasteiger partial charge on any atom is 0.0561 e. The molecular weight excluding hydrogens is 749 g/mol. The van der Waals surface area contributed by atoms with Crippen molar-refractivity contribution in [3.05, 3.63) is 255 Å². The molecule has 0 atom stereocenters. The molecule has 11 aromatic rings. The van der Waals surface area contributed by atoms with E-state index in [2.05, 4.69) is 264 Å². The highest BCUT2D eigenvalue weighted by atomic mass is 15.1. The van der Waals surface area contributed by atoms with Gasteiger partial charge in [0.15, 0.2) is 0 Å². The van der Waals surface area contributed by atoms with Gasteiger partial charge in [0.1, 0.15) is 0 Å². The largest absolute Gasteiger partial charge is 0.310 e. The summed E-state index contributed by atoms with van der Waals surface area (Å²) in [7, 11) is 0. The van der Waals surface area contributed by atoms with E-state index in [1.807, 2.05) is 0 Å². The van der Waals surface area contributed by atoms with Crippen LogP contribution in [0.1, 0.15) is 0 Å². The Morgan fingerprint density at radius 1 is 0.242 bits per heavy atom. The summed E-state index contributed by atoms with van der Waals surface area (Å²) < 4.78 is 2.40. The highest BCUT2D eigenvalue weighted by Gasteiger charge is 2.21. The van der Waals surface area contributed by atoms with Gasteiger partial charge in [0.2, 0.25) is 0 Å². The zero-order valence-corrected chi connectivity index (χ0v) is 34.1. The number of para-hydroxylation sites is 2. The second-order valence-electron chi connectivity index (χ2n) is 15.8. The van der Waals surface area contributed by atoms with Gasteiger partial charge < -0.3 is 9.47 Å². The minimum atomic E-state index is 1.07. The highest BCUT2D eigenvalue weighted by Crippen LogP contribution is 2.45. The lowest BCUT2D eigenvalue weighted by Gasteiger charge is -2.28. The first-order valence-corrected chi connectivity index (χ1v) is 21.3. The van der Waals surface area contributed by atoms with Crippen molar-refractivity contribution < 1.29 is 0 Å². The van der Waals surface area contributed by atoms with Crippen LogP contribution in [0, 0.1) is 0 Å². The molecule has 0 spiro atoms. The number of anilines is 3. The van der Waals surface area contributed by atoms with Crippen LogP contribution >= 0.6 is 0 Å². The van der Waals surface area contributed by atoms with Gasteiger partial charge >= 0.3 is 0 Å². The van der Waals surface area contributed by atoms with Gasteiger partial charge in [-0.05, 0) is 116 Å². The molecule has 0 radical (unpaired) electrons. The molecule has 0 N–H and O–H groups in total. The average molecular weight is 791 g/mol. The molecule has 2 nitrogen and oxygen atoms in total. The van der Waals surface area contributed by atoms with E-state index < -0.39 is 0 Å². The Kier molecular flexibility index (Phi) is 9.57. The molecule has 1 heterocycles. The number of hydrogen-bond acceptors (Lipinski definition) is 1. The fraction of sp³-hybridized carbons (Fsp3) is 0. The van der Waals surface area contributed by atoms with Crippen molar-refractivity contribution in [2.75, 3.05) is 4.90 Å². The molecule has 2 heteroatoms. The number of nitrogens with zero attached hydrogens (tertiary/aromatic N) is 2. The Labute approximate surface area is 362 Å². The fourth-order valence-electron chi connectivity index (χ4n) is 8.99. The summed E-state index contributed by atoms with van der Waals surface area (Å²) in [5.74, 6) is 0. The topological polar surface area (TPSA) is 8.17 Å². The van der Waals surface area contributed by atoms with E-state index in [0.717, 1.165) is 39.4 Å². The third-order valence-corrected chi connectivity index (χ3v) is 12.0. The second kappa shape index (κ2) is 16.1. The molecule has 0 fully saturated rings. The van der Waals surface area contributed by atoms with Crippen molar-refractivity contribution in [1.82, 2.24) is 4.57 Å². The first-order valence-electron chi connectivity index (χ1n) is 21.3. The van der Waals surface area contributed by atoms with E-state index in [-0.39, 0.29) is 0 Å². The predicted molar refractivity (Wildman–Crippen MR) is 263 cm³/mol. The molecule has 11 rings (SSSR count). The third-order valence-electron chi connectivity index (χ3n) is 12.0. The fourth-order valence-corrected chi connectivity index (χ4v) is 8.99. The highest BCUT2D eigenvalue weighted by molar-refractivity contribution is 6.10. The average Bonchev–Trinajstić information content (AvgIpc) is 3.69. The Bertz CT molecular complexity index is 3240. The van der Waals surface area contributed by atoms with Crippen molar-refractivity contribution in [3.8, 4) is 61.3 Å². The minimum absolute atomic E-state index is 1.07. The van der Waals surface area contributed by atoms with Crippen molar-refractivity contribution in [2.45, 2.75) is 0 Å². The number of fused-ring (bicyclic) bond motifs is 3. The van der Waals surface area contributed by atoms with Gasteiger partial charge in [0.25, 0.3) is 0 Å². The number of benzene rings is 10. The van der Waals surface area contributed by atoms with E-state index in [4.69, 9.17) is 0 Å². The monoisotopic (exact) mass is 790 g/mol. The molecule has 0 unspecified atom stereocenters. The molecule has 0 aliphatic carbocycles. The van der Waals surface area contributed by atoms with Crippen molar-refractivity contribution in [3.63, 3.8) is 0 Å². The molecular formula is C60H42N2. The lowest BCUT2D eigenvalue weighted by atomic mass is 9.92. The van der Waals surface area contributed by atoms with Crippen LogP contribution < -0.4 is 4.90 Å². The van der Waals surface area contributed by atoms with Gasteiger partial charge in [-0.2, -0.15) is 0 Å². The summed E-state index contributed by atoms with van der Waals surface area (Å²) in [6.07, 6.45) is 0. The molecule has 0 saturated heterocycles. The molecule has 1 aromatic heterocycles. The standard InChI is InChI=1S/C60H42N2/c1-6-18-43(19-7-1)46-30-32-48(33-31-46)55-36-34-52(41-58(55)47-24-12-4-13-25-47)61(54-39-49(44-20-8-2-9-21-44)38-50(40-54)45-22-10-3-11-23-45)53-35-37-57-56-28-16-17-29-59(56)62(60(57)42-53)51-26-14-5-15-27-51/h1-42H. The minimum Gasteiger partial charge on any atom is -0.310 e. The van der Waals surface area contributed by atoms with Crippen LogP contribution in [-0.4, -0.2) is 4.57 Å². The van der Waals surface area contributed by atoms with Crippen molar-refractivity contribution in [2.24, 2.45) is 0 Å². The molecule has 10 aromatic carbocycles. The van der Waals surface area contributed by atoms with Gasteiger partial charge in [-0.1, -0.05) is 194 Å². The van der Waals surface area contributed by atoms with Gasteiger partial charge in [-0.15, -0.1) is 0 Å². The molecule has 292 valence electrons. The van der Waals surface area contributed by atoms with Crippen molar-refractivity contribution in [1.29, 1.82) is 0 Å². The van der Waals surface area contributed by atoms with E-state index in [1.165, 1.54) is 60.8 Å². The van der Waals surface area contributed by atoms with Crippen LogP contribution in [0.5, 0.6) is 0 Å². The smallest absolute Gasteiger partial charge is 0.0561 e. The molecule has 62 heavy (non-hydrogen) atoms.